The molecule has 0 radical (unpaired) electrons. The van der Waals surface area contributed by atoms with E-state index in [4.69, 9.17) is 0 Å². The van der Waals surface area contributed by atoms with Gasteiger partial charge >= 0.3 is 0 Å². The molecular weight excluding hydrogens is 394 g/mol. The smallest absolute Gasteiger partial charge is 0.262 e. The third-order valence-corrected chi connectivity index (χ3v) is 4.76. The summed E-state index contributed by atoms with van der Waals surface area (Å²) < 4.78 is 0. The normalized spacial score (nSPS) is 13.5. The fourth-order valence-corrected chi connectivity index (χ4v) is 3.25. The lowest BCUT2D eigenvalue weighted by Crippen LogP contribution is -2.45. The van der Waals surface area contributed by atoms with Crippen LogP contribution in [0.1, 0.15) is 57.4 Å². The van der Waals surface area contributed by atoms with E-state index in [1.165, 1.54) is 29.2 Å². The fourth-order valence-electron chi connectivity index (χ4n) is 3.25. The van der Waals surface area contributed by atoms with Gasteiger partial charge in [0.15, 0.2) is 0 Å². The van der Waals surface area contributed by atoms with Crippen LogP contribution in [0.15, 0.2) is 54.6 Å². The van der Waals surface area contributed by atoms with Crippen molar-refractivity contribution in [3.05, 3.63) is 76.9 Å². The summed E-state index contributed by atoms with van der Waals surface area (Å²) in [4.78, 5) is 50.6. The van der Waals surface area contributed by atoms with Crippen molar-refractivity contribution in [1.29, 1.82) is 0 Å². The highest BCUT2D eigenvalue weighted by Crippen LogP contribution is 2.29. The van der Waals surface area contributed by atoms with Gasteiger partial charge in [0, 0.05) is 30.3 Å². The first kappa shape index (κ1) is 22.0. The highest BCUT2D eigenvalue weighted by atomic mass is 16.2. The summed E-state index contributed by atoms with van der Waals surface area (Å²) in [6.07, 6.45) is 3.14. The van der Waals surface area contributed by atoms with Crippen LogP contribution in [0, 0.1) is 0 Å². The first-order valence-electron chi connectivity index (χ1n) is 10.0. The molecule has 0 fully saturated rings. The molecule has 31 heavy (non-hydrogen) atoms. The third-order valence-electron chi connectivity index (χ3n) is 4.76. The molecule has 4 amide bonds. The van der Waals surface area contributed by atoms with Crippen molar-refractivity contribution < 1.29 is 19.2 Å². The number of rotatable bonds is 6. The molecule has 0 spiro atoms. The Labute approximate surface area is 181 Å². The van der Waals surface area contributed by atoms with E-state index in [-0.39, 0.29) is 41.9 Å². The fraction of sp³-hybridized carbons (Fsp3) is 0.250. The molecular formula is C24H25N3O4. The van der Waals surface area contributed by atoms with Gasteiger partial charge in [0.25, 0.3) is 17.7 Å². The molecule has 160 valence electrons. The average molecular weight is 419 g/mol. The molecule has 1 aliphatic heterocycles. The van der Waals surface area contributed by atoms with E-state index in [2.05, 4.69) is 10.6 Å². The Hall–Kier alpha value is -3.74. The highest BCUT2D eigenvalue weighted by molar-refractivity contribution is 6.22. The SMILES string of the molecule is CC(C)(C)N1C(=O)c2ccc(C(=O)NCCNC(=O)/C=C/c3ccccc3)cc2C1=O. The van der Waals surface area contributed by atoms with E-state index in [1.54, 1.807) is 26.8 Å². The van der Waals surface area contributed by atoms with Crippen molar-refractivity contribution in [1.82, 2.24) is 15.5 Å². The van der Waals surface area contributed by atoms with E-state index in [0.717, 1.165) is 5.56 Å². The zero-order chi connectivity index (χ0) is 22.6. The highest BCUT2D eigenvalue weighted by Gasteiger charge is 2.42. The summed E-state index contributed by atoms with van der Waals surface area (Å²) in [6.45, 7) is 5.83. The van der Waals surface area contributed by atoms with Gasteiger partial charge in [-0.25, -0.2) is 0 Å². The predicted molar refractivity (Wildman–Crippen MR) is 118 cm³/mol. The van der Waals surface area contributed by atoms with Crippen molar-refractivity contribution in [2.75, 3.05) is 13.1 Å². The minimum absolute atomic E-state index is 0.224. The topological polar surface area (TPSA) is 95.6 Å². The van der Waals surface area contributed by atoms with Crippen molar-refractivity contribution >= 4 is 29.7 Å². The maximum absolute atomic E-state index is 12.6. The molecule has 2 aromatic rings. The molecule has 7 heteroatoms. The van der Waals surface area contributed by atoms with Crippen molar-refractivity contribution in [2.45, 2.75) is 26.3 Å². The van der Waals surface area contributed by atoms with Crippen molar-refractivity contribution in [3.63, 3.8) is 0 Å². The number of benzene rings is 2. The van der Waals surface area contributed by atoms with Crippen LogP contribution in [-0.4, -0.2) is 47.2 Å². The van der Waals surface area contributed by atoms with E-state index < -0.39 is 11.4 Å². The second-order valence-electron chi connectivity index (χ2n) is 8.17. The van der Waals surface area contributed by atoms with Gasteiger partial charge in [-0.05, 0) is 50.6 Å². The second kappa shape index (κ2) is 8.95. The lowest BCUT2D eigenvalue weighted by Gasteiger charge is -2.29. The molecule has 1 aliphatic rings. The van der Waals surface area contributed by atoms with Crippen LogP contribution in [0.5, 0.6) is 0 Å². The molecule has 2 N–H and O–H groups in total. The summed E-state index contributed by atoms with van der Waals surface area (Å²) in [6, 6.07) is 13.9. The number of hydrogen-bond acceptors (Lipinski definition) is 4. The standard InChI is InChI=1S/C24H25N3O4/c1-24(2,3)27-22(30)18-11-10-17(15-19(18)23(27)31)21(29)26-14-13-25-20(28)12-9-16-7-5-4-6-8-16/h4-12,15H,13-14H2,1-3H3,(H,25,28)(H,26,29)/b12-9+. The van der Waals surface area contributed by atoms with Crippen molar-refractivity contribution in [3.8, 4) is 0 Å². The molecule has 7 nitrogen and oxygen atoms in total. The molecule has 1 heterocycles. The van der Waals surface area contributed by atoms with Gasteiger partial charge in [-0.15, -0.1) is 0 Å². The van der Waals surface area contributed by atoms with E-state index >= 15 is 0 Å². The van der Waals surface area contributed by atoms with Gasteiger partial charge in [0.2, 0.25) is 5.91 Å². The van der Waals surface area contributed by atoms with Gasteiger partial charge in [-0.1, -0.05) is 30.3 Å². The molecule has 2 aromatic carbocycles. The number of carbonyl (C=O) groups is 4. The molecule has 0 aromatic heterocycles. The Bertz CT molecular complexity index is 1050. The largest absolute Gasteiger partial charge is 0.351 e. The number of fused-ring (bicyclic) bond motifs is 1. The lowest BCUT2D eigenvalue weighted by atomic mass is 10.1. The Morgan fingerprint density at radius 1 is 0.903 bits per heavy atom. The predicted octanol–water partition coefficient (Wildman–Crippen LogP) is 2.64. The van der Waals surface area contributed by atoms with E-state index in [9.17, 15) is 19.2 Å². The Kier molecular flexibility index (Phi) is 6.34. The monoisotopic (exact) mass is 419 g/mol. The number of amides is 4. The Morgan fingerprint density at radius 3 is 2.23 bits per heavy atom. The quantitative estimate of drug-likeness (QED) is 0.427. The molecule has 0 aliphatic carbocycles. The third kappa shape index (κ3) is 5.06. The van der Waals surface area contributed by atoms with Crippen LogP contribution in [0.4, 0.5) is 0 Å². The second-order valence-corrected chi connectivity index (χ2v) is 8.17. The number of hydrogen-bond donors (Lipinski definition) is 2. The maximum Gasteiger partial charge on any atom is 0.262 e. The van der Waals surface area contributed by atoms with Crippen LogP contribution in [0.3, 0.4) is 0 Å². The zero-order valence-corrected chi connectivity index (χ0v) is 17.8. The lowest BCUT2D eigenvalue weighted by molar-refractivity contribution is -0.116. The first-order valence-corrected chi connectivity index (χ1v) is 10.0. The number of nitrogens with one attached hydrogen (secondary N) is 2. The summed E-state index contributed by atoms with van der Waals surface area (Å²) in [5.41, 5.74) is 1.08. The van der Waals surface area contributed by atoms with Gasteiger partial charge in [-0.3, -0.25) is 24.1 Å². The molecule has 0 bridgehead atoms. The van der Waals surface area contributed by atoms with E-state index in [1.807, 2.05) is 30.3 Å². The van der Waals surface area contributed by atoms with Gasteiger partial charge in [-0.2, -0.15) is 0 Å². The Morgan fingerprint density at radius 2 is 1.55 bits per heavy atom. The number of nitrogens with zero attached hydrogens (tertiary/aromatic N) is 1. The molecule has 0 atom stereocenters. The molecule has 3 rings (SSSR count). The molecule has 0 saturated carbocycles. The van der Waals surface area contributed by atoms with Gasteiger partial charge in [0.05, 0.1) is 11.1 Å². The van der Waals surface area contributed by atoms with E-state index in [0.29, 0.717) is 5.56 Å². The first-order chi connectivity index (χ1) is 14.7. The van der Waals surface area contributed by atoms with Crippen LogP contribution in [0.25, 0.3) is 6.08 Å². The summed E-state index contributed by atoms with van der Waals surface area (Å²) in [7, 11) is 0. The van der Waals surface area contributed by atoms with Crippen LogP contribution >= 0.6 is 0 Å². The van der Waals surface area contributed by atoms with Gasteiger partial charge in [0.1, 0.15) is 0 Å². The summed E-state index contributed by atoms with van der Waals surface area (Å²) in [5.74, 6) is -1.40. The minimum Gasteiger partial charge on any atom is -0.351 e. The minimum atomic E-state index is -0.650. The molecule has 0 unspecified atom stereocenters. The Balaban J connectivity index is 1.53. The zero-order valence-electron chi connectivity index (χ0n) is 17.8. The average Bonchev–Trinajstić information content (AvgIpc) is 3.00. The maximum atomic E-state index is 12.6. The van der Waals surface area contributed by atoms with Crippen LogP contribution < -0.4 is 10.6 Å². The summed E-state index contributed by atoms with van der Waals surface area (Å²) in [5, 5.41) is 5.39. The molecule has 0 saturated heterocycles. The van der Waals surface area contributed by atoms with Crippen molar-refractivity contribution in [2.24, 2.45) is 0 Å². The van der Waals surface area contributed by atoms with Gasteiger partial charge < -0.3 is 10.6 Å². The number of carbonyl (C=O) groups excluding carboxylic acids is 4. The number of imide groups is 1. The van der Waals surface area contributed by atoms with Crippen LogP contribution in [0.2, 0.25) is 0 Å². The summed E-state index contributed by atoms with van der Waals surface area (Å²) >= 11 is 0. The van der Waals surface area contributed by atoms with Crippen LogP contribution in [-0.2, 0) is 4.79 Å².